The van der Waals surface area contributed by atoms with Gasteiger partial charge in [0, 0.05) is 12.1 Å². The minimum atomic E-state index is -1.03. The number of hydrogen-bond acceptors (Lipinski definition) is 2. The molecule has 1 aliphatic rings. The predicted molar refractivity (Wildman–Crippen MR) is 78.1 cm³/mol. The van der Waals surface area contributed by atoms with Crippen molar-refractivity contribution in [3.8, 4) is 0 Å². The zero-order valence-corrected chi connectivity index (χ0v) is 12.2. The van der Waals surface area contributed by atoms with E-state index in [-0.39, 0.29) is 11.8 Å². The van der Waals surface area contributed by atoms with Crippen LogP contribution in [0.4, 0.5) is 0 Å². The van der Waals surface area contributed by atoms with Crippen LogP contribution in [0.1, 0.15) is 19.4 Å². The van der Waals surface area contributed by atoms with Gasteiger partial charge in [0.05, 0.1) is 0 Å². The van der Waals surface area contributed by atoms with Crippen LogP contribution < -0.4 is 5.32 Å². The molecule has 2 unspecified atom stereocenters. The molecule has 2 atom stereocenters. The van der Waals surface area contributed by atoms with Crippen LogP contribution in [0.3, 0.4) is 0 Å². The number of carbonyl (C=O) groups is 2. The third kappa shape index (κ3) is 2.31. The molecule has 5 heteroatoms. The van der Waals surface area contributed by atoms with Gasteiger partial charge in [0.2, 0.25) is 5.91 Å². The number of hydrogen-bond donors (Lipinski definition) is 1. The van der Waals surface area contributed by atoms with Gasteiger partial charge in [-0.1, -0.05) is 48.0 Å². The lowest BCUT2D eigenvalue weighted by atomic mass is 9.86. The Kier molecular flexibility index (Phi) is 4.14. The molecule has 1 aliphatic heterocycles. The van der Waals surface area contributed by atoms with Gasteiger partial charge in [0.1, 0.15) is 11.6 Å². The van der Waals surface area contributed by atoms with Crippen LogP contribution in [0.5, 0.6) is 0 Å². The second kappa shape index (κ2) is 5.67. The second-order valence-electron chi connectivity index (χ2n) is 4.94. The first-order valence-electron chi connectivity index (χ1n) is 6.45. The average molecular weight is 293 g/mol. The van der Waals surface area contributed by atoms with Crippen molar-refractivity contribution in [1.29, 1.82) is 0 Å². The van der Waals surface area contributed by atoms with E-state index in [1.165, 1.54) is 5.54 Å². The molecule has 1 aromatic carbocycles. The summed E-state index contributed by atoms with van der Waals surface area (Å²) < 4.78 is 0. The standard InChI is InChI=1S/C15H17ClN2O2/c1-11-13(19)18(10-6-9-16)15(2,14(20)17-11)12-7-4-3-5-8-12/h3-9,11H,10H2,1-2H3,(H,17,20)/b9-6+. The lowest BCUT2D eigenvalue weighted by molar-refractivity contribution is -0.155. The number of rotatable bonds is 3. The highest BCUT2D eigenvalue weighted by atomic mass is 35.5. The number of benzene rings is 1. The van der Waals surface area contributed by atoms with E-state index in [0.29, 0.717) is 6.54 Å². The molecule has 1 fully saturated rings. The molecule has 2 rings (SSSR count). The van der Waals surface area contributed by atoms with Crippen molar-refractivity contribution in [1.82, 2.24) is 10.2 Å². The van der Waals surface area contributed by atoms with E-state index >= 15 is 0 Å². The number of amides is 2. The summed E-state index contributed by atoms with van der Waals surface area (Å²) in [6, 6.07) is 8.75. The minimum absolute atomic E-state index is 0.120. The van der Waals surface area contributed by atoms with Crippen LogP contribution in [0.15, 0.2) is 41.9 Å². The largest absolute Gasteiger partial charge is 0.342 e. The summed E-state index contributed by atoms with van der Waals surface area (Å²) in [5, 5.41) is 2.74. The first-order valence-corrected chi connectivity index (χ1v) is 6.88. The smallest absolute Gasteiger partial charge is 0.251 e. The number of piperazine rings is 1. The molecule has 0 aromatic heterocycles. The van der Waals surface area contributed by atoms with Crippen molar-refractivity contribution in [3.63, 3.8) is 0 Å². The van der Waals surface area contributed by atoms with E-state index < -0.39 is 11.6 Å². The highest BCUT2D eigenvalue weighted by Gasteiger charge is 2.48. The Balaban J connectivity index is 2.49. The number of nitrogens with one attached hydrogen (secondary N) is 1. The summed E-state index contributed by atoms with van der Waals surface area (Å²) in [5.41, 5.74) is 1.11. The molecule has 1 aromatic rings. The SMILES string of the molecule is CC1NC(=O)C(C)(c2ccccc2)N(C/C=C/Cl)C1=O. The van der Waals surface area contributed by atoms with Crippen LogP contribution >= 0.6 is 11.6 Å². The van der Waals surface area contributed by atoms with Crippen molar-refractivity contribution < 1.29 is 9.59 Å². The highest BCUT2D eigenvalue weighted by molar-refractivity contribution is 6.25. The molecule has 1 heterocycles. The molecule has 0 spiro atoms. The van der Waals surface area contributed by atoms with Crippen molar-refractivity contribution in [2.24, 2.45) is 0 Å². The maximum absolute atomic E-state index is 12.5. The third-order valence-corrected chi connectivity index (χ3v) is 3.86. The highest BCUT2D eigenvalue weighted by Crippen LogP contribution is 2.32. The quantitative estimate of drug-likeness (QED) is 0.926. The molecule has 1 N–H and O–H groups in total. The summed E-state index contributed by atoms with van der Waals surface area (Å²) in [6.45, 7) is 3.73. The number of halogens is 1. The van der Waals surface area contributed by atoms with Gasteiger partial charge in [-0.2, -0.15) is 0 Å². The van der Waals surface area contributed by atoms with Crippen molar-refractivity contribution in [2.75, 3.05) is 6.54 Å². The van der Waals surface area contributed by atoms with Crippen molar-refractivity contribution >= 4 is 23.4 Å². The lowest BCUT2D eigenvalue weighted by Gasteiger charge is -2.45. The Morgan fingerprint density at radius 1 is 1.35 bits per heavy atom. The van der Waals surface area contributed by atoms with Gasteiger partial charge >= 0.3 is 0 Å². The summed E-state index contributed by atoms with van der Waals surface area (Å²) >= 11 is 5.56. The Morgan fingerprint density at radius 2 is 2.00 bits per heavy atom. The van der Waals surface area contributed by atoms with E-state index in [0.717, 1.165) is 5.56 Å². The molecule has 1 saturated heterocycles. The first-order chi connectivity index (χ1) is 9.51. The van der Waals surface area contributed by atoms with E-state index in [1.807, 2.05) is 30.3 Å². The van der Waals surface area contributed by atoms with Gasteiger partial charge in [-0.25, -0.2) is 0 Å². The zero-order valence-electron chi connectivity index (χ0n) is 11.5. The molecule has 0 saturated carbocycles. The van der Waals surface area contributed by atoms with E-state index in [2.05, 4.69) is 5.32 Å². The van der Waals surface area contributed by atoms with Crippen LogP contribution in [0, 0.1) is 0 Å². The van der Waals surface area contributed by atoms with Crippen LogP contribution in [0.25, 0.3) is 0 Å². The Labute approximate surface area is 123 Å². The minimum Gasteiger partial charge on any atom is -0.342 e. The van der Waals surface area contributed by atoms with Gasteiger partial charge in [0.15, 0.2) is 0 Å². The predicted octanol–water partition coefficient (Wildman–Crippen LogP) is 2.00. The molecule has 4 nitrogen and oxygen atoms in total. The van der Waals surface area contributed by atoms with Crippen LogP contribution in [-0.2, 0) is 15.1 Å². The van der Waals surface area contributed by atoms with E-state index in [1.54, 1.807) is 24.8 Å². The Morgan fingerprint density at radius 3 is 2.60 bits per heavy atom. The fraction of sp³-hybridized carbons (Fsp3) is 0.333. The molecule has 0 bridgehead atoms. The van der Waals surface area contributed by atoms with Crippen LogP contribution in [0.2, 0.25) is 0 Å². The van der Waals surface area contributed by atoms with Gasteiger partial charge < -0.3 is 10.2 Å². The summed E-state index contributed by atoms with van der Waals surface area (Å²) in [4.78, 5) is 26.4. The monoisotopic (exact) mass is 292 g/mol. The lowest BCUT2D eigenvalue weighted by Crippen LogP contribution is -2.67. The van der Waals surface area contributed by atoms with Crippen LogP contribution in [-0.4, -0.2) is 29.3 Å². The van der Waals surface area contributed by atoms with Crippen molar-refractivity contribution in [3.05, 3.63) is 47.5 Å². The summed E-state index contributed by atoms with van der Waals surface area (Å²) in [6.07, 6.45) is 1.66. The molecule has 2 amide bonds. The Bertz CT molecular complexity index is 544. The fourth-order valence-corrected chi connectivity index (χ4v) is 2.52. The van der Waals surface area contributed by atoms with E-state index in [9.17, 15) is 9.59 Å². The molecule has 0 radical (unpaired) electrons. The Hall–Kier alpha value is -1.81. The van der Waals surface area contributed by atoms with Crippen molar-refractivity contribution in [2.45, 2.75) is 25.4 Å². The fourth-order valence-electron chi connectivity index (χ4n) is 2.44. The first kappa shape index (κ1) is 14.6. The maximum Gasteiger partial charge on any atom is 0.251 e. The van der Waals surface area contributed by atoms with Gasteiger partial charge in [-0.3, -0.25) is 9.59 Å². The normalized spacial score (nSPS) is 26.9. The molecule has 106 valence electrons. The third-order valence-electron chi connectivity index (χ3n) is 3.68. The molecule has 20 heavy (non-hydrogen) atoms. The topological polar surface area (TPSA) is 49.4 Å². The van der Waals surface area contributed by atoms with Gasteiger partial charge in [-0.05, 0) is 19.4 Å². The molecule has 0 aliphatic carbocycles. The van der Waals surface area contributed by atoms with Gasteiger partial charge in [-0.15, -0.1) is 0 Å². The zero-order chi connectivity index (χ0) is 14.8. The second-order valence-corrected chi connectivity index (χ2v) is 5.20. The van der Waals surface area contributed by atoms with E-state index in [4.69, 9.17) is 11.6 Å². The molecular weight excluding hydrogens is 276 g/mol. The number of nitrogens with zero attached hydrogens (tertiary/aromatic N) is 1. The summed E-state index contributed by atoms with van der Waals surface area (Å²) in [7, 11) is 0. The average Bonchev–Trinajstić information content (AvgIpc) is 2.46. The molecular formula is C15H17ClN2O2. The van der Waals surface area contributed by atoms with Gasteiger partial charge in [0.25, 0.3) is 5.91 Å². The summed E-state index contributed by atoms with van der Waals surface area (Å²) in [5.74, 6) is -0.301. The maximum atomic E-state index is 12.5. The number of carbonyl (C=O) groups excluding carboxylic acids is 2.